The first-order valence-corrected chi connectivity index (χ1v) is 5.55. The molecule has 0 spiro atoms. The normalized spacial score (nSPS) is 10.5. The molecule has 0 saturated carbocycles. The molecule has 0 saturated heterocycles. The summed E-state index contributed by atoms with van der Waals surface area (Å²) in [5, 5.41) is 8.97. The van der Waals surface area contributed by atoms with Crippen LogP contribution in [0, 0.1) is 6.92 Å². The lowest BCUT2D eigenvalue weighted by atomic mass is 10.1. The summed E-state index contributed by atoms with van der Waals surface area (Å²) in [6, 6.07) is 9.50. The molecule has 2 rings (SSSR count). The Morgan fingerprint density at radius 3 is 2.71 bits per heavy atom. The second-order valence-electron chi connectivity index (χ2n) is 3.94. The van der Waals surface area contributed by atoms with Crippen molar-refractivity contribution >= 4 is 5.97 Å². The predicted octanol–water partition coefficient (Wildman–Crippen LogP) is 3.52. The van der Waals surface area contributed by atoms with Gasteiger partial charge in [0, 0.05) is 5.56 Å². The van der Waals surface area contributed by atoms with Crippen molar-refractivity contribution in [2.24, 2.45) is 0 Å². The minimum Gasteiger partial charge on any atom is -0.478 e. The average Bonchev–Trinajstić information content (AvgIpc) is 2.71. The average molecular weight is 230 g/mol. The zero-order valence-corrected chi connectivity index (χ0v) is 9.86. The van der Waals surface area contributed by atoms with Crippen LogP contribution in [-0.2, 0) is 6.42 Å². The minimum atomic E-state index is -0.954. The summed E-state index contributed by atoms with van der Waals surface area (Å²) >= 11 is 0. The standard InChI is InChI=1S/C14H14O3/c1-3-10-5-4-6-11(7-10)13-8-12(14(15)16)9(2)17-13/h4-8H,3H2,1-2H3,(H,15,16). The summed E-state index contributed by atoms with van der Waals surface area (Å²) in [5.74, 6) is 0.0914. The molecule has 0 aliphatic rings. The lowest BCUT2D eigenvalue weighted by Gasteiger charge is -1.99. The zero-order chi connectivity index (χ0) is 12.4. The summed E-state index contributed by atoms with van der Waals surface area (Å²) in [6.07, 6.45) is 0.944. The van der Waals surface area contributed by atoms with Crippen LogP contribution in [0.5, 0.6) is 0 Å². The molecule has 1 aromatic carbocycles. The van der Waals surface area contributed by atoms with E-state index in [0.29, 0.717) is 11.5 Å². The van der Waals surface area contributed by atoms with Crippen LogP contribution in [0.25, 0.3) is 11.3 Å². The van der Waals surface area contributed by atoms with Gasteiger partial charge in [-0.25, -0.2) is 4.79 Å². The molecular weight excluding hydrogens is 216 g/mol. The third-order valence-electron chi connectivity index (χ3n) is 2.77. The summed E-state index contributed by atoms with van der Waals surface area (Å²) < 4.78 is 5.48. The van der Waals surface area contributed by atoms with Crippen LogP contribution in [-0.4, -0.2) is 11.1 Å². The zero-order valence-electron chi connectivity index (χ0n) is 9.86. The van der Waals surface area contributed by atoms with Crippen LogP contribution >= 0.6 is 0 Å². The van der Waals surface area contributed by atoms with Gasteiger partial charge in [0.1, 0.15) is 17.1 Å². The molecule has 0 aliphatic carbocycles. The summed E-state index contributed by atoms with van der Waals surface area (Å²) in [4.78, 5) is 10.9. The first-order valence-electron chi connectivity index (χ1n) is 5.55. The van der Waals surface area contributed by atoms with Gasteiger partial charge in [-0.2, -0.15) is 0 Å². The van der Waals surface area contributed by atoms with E-state index in [1.165, 1.54) is 5.56 Å². The van der Waals surface area contributed by atoms with Crippen molar-refractivity contribution in [1.29, 1.82) is 0 Å². The molecule has 0 amide bonds. The van der Waals surface area contributed by atoms with Gasteiger partial charge < -0.3 is 9.52 Å². The Kier molecular flexibility index (Phi) is 3.00. The number of rotatable bonds is 3. The van der Waals surface area contributed by atoms with Gasteiger partial charge in [-0.1, -0.05) is 25.1 Å². The van der Waals surface area contributed by atoms with Gasteiger partial charge in [0.25, 0.3) is 0 Å². The number of aromatic carboxylic acids is 1. The fourth-order valence-corrected chi connectivity index (χ4v) is 1.78. The van der Waals surface area contributed by atoms with E-state index in [1.807, 2.05) is 24.3 Å². The second-order valence-corrected chi connectivity index (χ2v) is 3.94. The molecule has 3 heteroatoms. The number of carboxylic acids is 1. The fraction of sp³-hybridized carbons (Fsp3) is 0.214. The summed E-state index contributed by atoms with van der Waals surface area (Å²) in [6.45, 7) is 3.74. The molecule has 3 nitrogen and oxygen atoms in total. The van der Waals surface area contributed by atoms with Crippen LogP contribution in [0.2, 0.25) is 0 Å². The maximum atomic E-state index is 10.9. The molecule has 0 radical (unpaired) electrons. The van der Waals surface area contributed by atoms with Crippen molar-refractivity contribution in [1.82, 2.24) is 0 Å². The Hall–Kier alpha value is -2.03. The van der Waals surface area contributed by atoms with Gasteiger partial charge in [0.2, 0.25) is 0 Å². The molecule has 0 bridgehead atoms. The Labute approximate surface area is 99.7 Å². The predicted molar refractivity (Wildman–Crippen MR) is 65.2 cm³/mol. The van der Waals surface area contributed by atoms with Crippen LogP contribution < -0.4 is 0 Å². The SMILES string of the molecule is CCc1cccc(-c2cc(C(=O)O)c(C)o2)c1. The Morgan fingerprint density at radius 2 is 2.12 bits per heavy atom. The molecule has 88 valence electrons. The van der Waals surface area contributed by atoms with Crippen molar-refractivity contribution in [2.75, 3.05) is 0 Å². The molecule has 1 heterocycles. The maximum absolute atomic E-state index is 10.9. The minimum absolute atomic E-state index is 0.224. The van der Waals surface area contributed by atoms with Crippen molar-refractivity contribution in [3.63, 3.8) is 0 Å². The largest absolute Gasteiger partial charge is 0.478 e. The topological polar surface area (TPSA) is 50.4 Å². The highest BCUT2D eigenvalue weighted by Gasteiger charge is 2.14. The smallest absolute Gasteiger partial charge is 0.339 e. The van der Waals surface area contributed by atoms with Crippen LogP contribution in [0.1, 0.15) is 28.6 Å². The number of carboxylic acid groups (broad SMARTS) is 1. The van der Waals surface area contributed by atoms with Crippen molar-refractivity contribution < 1.29 is 14.3 Å². The molecule has 0 fully saturated rings. The van der Waals surface area contributed by atoms with Crippen molar-refractivity contribution in [2.45, 2.75) is 20.3 Å². The third-order valence-corrected chi connectivity index (χ3v) is 2.77. The van der Waals surface area contributed by atoms with Gasteiger partial charge in [-0.05, 0) is 31.0 Å². The highest BCUT2D eigenvalue weighted by Crippen LogP contribution is 2.26. The summed E-state index contributed by atoms with van der Waals surface area (Å²) in [7, 11) is 0. The molecule has 0 unspecified atom stereocenters. The summed E-state index contributed by atoms with van der Waals surface area (Å²) in [5.41, 5.74) is 2.34. The highest BCUT2D eigenvalue weighted by atomic mass is 16.4. The van der Waals surface area contributed by atoms with Crippen LogP contribution in [0.15, 0.2) is 34.7 Å². The van der Waals surface area contributed by atoms with E-state index < -0.39 is 5.97 Å². The number of carbonyl (C=O) groups is 1. The lowest BCUT2D eigenvalue weighted by molar-refractivity contribution is 0.0695. The van der Waals surface area contributed by atoms with Crippen molar-refractivity contribution in [3.05, 3.63) is 47.2 Å². The Bertz CT molecular complexity index is 552. The van der Waals surface area contributed by atoms with Gasteiger partial charge in [-0.15, -0.1) is 0 Å². The molecule has 17 heavy (non-hydrogen) atoms. The van der Waals surface area contributed by atoms with E-state index in [4.69, 9.17) is 9.52 Å². The molecule has 2 aromatic rings. The van der Waals surface area contributed by atoms with Gasteiger partial charge >= 0.3 is 5.97 Å². The first-order chi connectivity index (χ1) is 8.11. The Morgan fingerprint density at radius 1 is 1.35 bits per heavy atom. The van der Waals surface area contributed by atoms with E-state index in [9.17, 15) is 4.79 Å². The molecular formula is C14H14O3. The number of aryl methyl sites for hydroxylation is 2. The van der Waals surface area contributed by atoms with Crippen LogP contribution in [0.4, 0.5) is 0 Å². The van der Waals surface area contributed by atoms with E-state index in [0.717, 1.165) is 12.0 Å². The molecule has 0 atom stereocenters. The third kappa shape index (κ3) is 2.23. The molecule has 1 aromatic heterocycles. The van der Waals surface area contributed by atoms with E-state index in [2.05, 4.69) is 6.92 Å². The van der Waals surface area contributed by atoms with Gasteiger partial charge in [0.05, 0.1) is 0 Å². The highest BCUT2D eigenvalue weighted by molar-refractivity contribution is 5.90. The van der Waals surface area contributed by atoms with E-state index >= 15 is 0 Å². The maximum Gasteiger partial charge on any atom is 0.339 e. The van der Waals surface area contributed by atoms with Crippen molar-refractivity contribution in [3.8, 4) is 11.3 Å². The second kappa shape index (κ2) is 4.45. The molecule has 0 aliphatic heterocycles. The fourth-order valence-electron chi connectivity index (χ4n) is 1.78. The quantitative estimate of drug-likeness (QED) is 0.877. The number of furan rings is 1. The van der Waals surface area contributed by atoms with Crippen LogP contribution in [0.3, 0.4) is 0 Å². The van der Waals surface area contributed by atoms with E-state index in [1.54, 1.807) is 13.0 Å². The first kappa shape index (κ1) is 11.5. The van der Waals surface area contributed by atoms with Gasteiger partial charge in [-0.3, -0.25) is 0 Å². The monoisotopic (exact) mass is 230 g/mol. The molecule has 1 N–H and O–H groups in total. The number of benzene rings is 1. The lowest BCUT2D eigenvalue weighted by Crippen LogP contribution is -1.94. The van der Waals surface area contributed by atoms with Gasteiger partial charge in [0.15, 0.2) is 0 Å². The number of hydrogen-bond donors (Lipinski definition) is 1. The Balaban J connectivity index is 2.46. The van der Waals surface area contributed by atoms with E-state index in [-0.39, 0.29) is 5.56 Å². The number of hydrogen-bond acceptors (Lipinski definition) is 2.